The number of nitrogens with two attached hydrogens (primary N) is 1. The van der Waals surface area contributed by atoms with Gasteiger partial charge in [0, 0.05) is 22.7 Å². The van der Waals surface area contributed by atoms with Crippen LogP contribution >= 0.6 is 0 Å². The van der Waals surface area contributed by atoms with Gasteiger partial charge in [0.25, 0.3) is 0 Å². The summed E-state index contributed by atoms with van der Waals surface area (Å²) in [6.07, 6.45) is 1.19. The van der Waals surface area contributed by atoms with E-state index in [1.165, 1.54) is 0 Å². The average molecular weight is 384 g/mol. The van der Waals surface area contributed by atoms with Crippen LogP contribution in [0.1, 0.15) is 29.5 Å². The lowest BCUT2D eigenvalue weighted by atomic mass is 9.69. The maximum absolute atomic E-state index is 12.4. The first-order valence-corrected chi connectivity index (χ1v) is 9.72. The number of primary amides is 1. The van der Waals surface area contributed by atoms with Gasteiger partial charge in [-0.15, -0.1) is 0 Å². The Morgan fingerprint density at radius 1 is 0.931 bits per heavy atom. The van der Waals surface area contributed by atoms with Crippen molar-refractivity contribution in [1.29, 1.82) is 0 Å². The summed E-state index contributed by atoms with van der Waals surface area (Å²) in [5.74, 6) is -0.842. The van der Waals surface area contributed by atoms with E-state index in [2.05, 4.69) is 5.32 Å². The zero-order chi connectivity index (χ0) is 20.4. The number of nitrogens with one attached hydrogen (secondary N) is 1. The molecule has 4 rings (SSSR count). The predicted octanol–water partition coefficient (Wildman–Crippen LogP) is 4.04. The zero-order valence-electron chi connectivity index (χ0n) is 16.2. The summed E-state index contributed by atoms with van der Waals surface area (Å²) in [6, 6.07) is 27.4. The molecular formula is C25H24N2O2. The highest BCUT2D eigenvalue weighted by atomic mass is 16.3. The molecule has 3 atom stereocenters. The van der Waals surface area contributed by atoms with Crippen molar-refractivity contribution in [2.75, 3.05) is 5.32 Å². The fourth-order valence-corrected chi connectivity index (χ4v) is 4.39. The maximum Gasteiger partial charge on any atom is 0.249 e. The number of rotatable bonds is 5. The lowest BCUT2D eigenvalue weighted by Gasteiger charge is -2.45. The van der Waals surface area contributed by atoms with Crippen molar-refractivity contribution in [3.05, 3.63) is 108 Å². The molecule has 3 aromatic carbocycles. The fraction of sp³-hybridized carbons (Fsp3) is 0.160. The van der Waals surface area contributed by atoms with Crippen molar-refractivity contribution in [3.63, 3.8) is 0 Å². The fourth-order valence-electron chi connectivity index (χ4n) is 4.39. The van der Waals surface area contributed by atoms with E-state index in [-0.39, 0.29) is 5.92 Å². The molecule has 0 aliphatic carbocycles. The first-order chi connectivity index (χ1) is 14.0. The molecule has 1 amide bonds. The van der Waals surface area contributed by atoms with E-state index in [1.807, 2.05) is 91.0 Å². The molecule has 0 saturated heterocycles. The summed E-state index contributed by atoms with van der Waals surface area (Å²) in [5, 5.41) is 14.6. The maximum atomic E-state index is 12.4. The molecule has 4 nitrogen and oxygen atoms in total. The van der Waals surface area contributed by atoms with E-state index in [4.69, 9.17) is 5.73 Å². The summed E-state index contributed by atoms with van der Waals surface area (Å²) in [4.78, 5) is 12.4. The molecule has 4 N–H and O–H groups in total. The number of fused-ring (bicyclic) bond motifs is 1. The van der Waals surface area contributed by atoms with Crippen LogP contribution in [0.15, 0.2) is 91.0 Å². The van der Waals surface area contributed by atoms with Gasteiger partial charge >= 0.3 is 0 Å². The quantitative estimate of drug-likeness (QED) is 0.621. The van der Waals surface area contributed by atoms with Crippen LogP contribution in [-0.4, -0.2) is 17.1 Å². The number of amides is 1. The van der Waals surface area contributed by atoms with Crippen LogP contribution < -0.4 is 11.1 Å². The third-order valence-corrected chi connectivity index (χ3v) is 5.58. The highest BCUT2D eigenvalue weighted by molar-refractivity contribution is 6.21. The Balaban J connectivity index is 2.03. The number of hydrogen-bond donors (Lipinski definition) is 3. The number of hydrogen-bond acceptors (Lipinski definition) is 3. The molecule has 3 unspecified atom stereocenters. The molecular weight excluding hydrogens is 360 g/mol. The van der Waals surface area contributed by atoms with Crippen molar-refractivity contribution in [1.82, 2.24) is 0 Å². The molecule has 1 heterocycles. The SMILES string of the molecule is CC(O)C(c1ccccc1)C1(c2ccccc2)C=C(C(N)=O)c2ccccc2N1. The van der Waals surface area contributed by atoms with Gasteiger partial charge in [-0.3, -0.25) is 4.79 Å². The van der Waals surface area contributed by atoms with Crippen LogP contribution in [0.2, 0.25) is 0 Å². The van der Waals surface area contributed by atoms with Crippen LogP contribution in [0.5, 0.6) is 0 Å². The third-order valence-electron chi connectivity index (χ3n) is 5.58. The number of para-hydroxylation sites is 1. The minimum absolute atomic E-state index is 0.353. The first-order valence-electron chi connectivity index (χ1n) is 9.72. The Kier molecular flexibility index (Phi) is 4.95. The van der Waals surface area contributed by atoms with E-state index < -0.39 is 17.6 Å². The van der Waals surface area contributed by atoms with Gasteiger partial charge in [-0.2, -0.15) is 0 Å². The zero-order valence-corrected chi connectivity index (χ0v) is 16.2. The van der Waals surface area contributed by atoms with Gasteiger partial charge in [0.1, 0.15) is 0 Å². The second kappa shape index (κ2) is 7.57. The van der Waals surface area contributed by atoms with Gasteiger partial charge in [-0.25, -0.2) is 0 Å². The number of benzene rings is 3. The molecule has 0 fully saturated rings. The van der Waals surface area contributed by atoms with Gasteiger partial charge in [0.2, 0.25) is 5.91 Å². The number of anilines is 1. The first kappa shape index (κ1) is 19.0. The smallest absolute Gasteiger partial charge is 0.249 e. The van der Waals surface area contributed by atoms with Crippen molar-refractivity contribution < 1.29 is 9.90 Å². The van der Waals surface area contributed by atoms with Crippen LogP contribution in [-0.2, 0) is 10.3 Å². The monoisotopic (exact) mass is 384 g/mol. The summed E-state index contributed by atoms with van der Waals surface area (Å²) < 4.78 is 0. The summed E-state index contributed by atoms with van der Waals surface area (Å²) in [7, 11) is 0. The summed E-state index contributed by atoms with van der Waals surface area (Å²) in [6.45, 7) is 1.78. The molecule has 1 aliphatic rings. The molecule has 1 aliphatic heterocycles. The second-order valence-electron chi connectivity index (χ2n) is 7.46. The molecule has 146 valence electrons. The lowest BCUT2D eigenvalue weighted by molar-refractivity contribution is -0.112. The van der Waals surface area contributed by atoms with Gasteiger partial charge < -0.3 is 16.2 Å². The Morgan fingerprint density at radius 2 is 1.52 bits per heavy atom. The second-order valence-corrected chi connectivity index (χ2v) is 7.46. The minimum Gasteiger partial charge on any atom is -0.393 e. The van der Waals surface area contributed by atoms with Crippen molar-refractivity contribution in [3.8, 4) is 0 Å². The third kappa shape index (κ3) is 3.32. The summed E-state index contributed by atoms with van der Waals surface area (Å²) in [5.41, 5.74) is 8.90. The largest absolute Gasteiger partial charge is 0.393 e. The van der Waals surface area contributed by atoms with Crippen molar-refractivity contribution in [2.45, 2.75) is 24.5 Å². The van der Waals surface area contributed by atoms with E-state index in [0.29, 0.717) is 5.57 Å². The van der Waals surface area contributed by atoms with Crippen molar-refractivity contribution in [2.24, 2.45) is 5.73 Å². The Morgan fingerprint density at radius 3 is 2.14 bits per heavy atom. The Bertz CT molecular complexity index is 1040. The topological polar surface area (TPSA) is 75.3 Å². The lowest BCUT2D eigenvalue weighted by Crippen LogP contribution is -2.46. The van der Waals surface area contributed by atoms with Crippen LogP contribution in [0.4, 0.5) is 5.69 Å². The Labute approximate surface area is 170 Å². The van der Waals surface area contributed by atoms with Crippen LogP contribution in [0.25, 0.3) is 5.57 Å². The van der Waals surface area contributed by atoms with Gasteiger partial charge in [0.15, 0.2) is 0 Å². The van der Waals surface area contributed by atoms with Crippen LogP contribution in [0.3, 0.4) is 0 Å². The minimum atomic E-state index is -0.852. The highest BCUT2D eigenvalue weighted by Crippen LogP contribution is 2.48. The number of aliphatic hydroxyl groups excluding tert-OH is 1. The van der Waals surface area contributed by atoms with E-state index in [1.54, 1.807) is 6.92 Å². The normalized spacial score (nSPS) is 20.0. The Hall–Kier alpha value is -3.37. The molecule has 0 radical (unpaired) electrons. The molecule has 3 aromatic rings. The van der Waals surface area contributed by atoms with Gasteiger partial charge in [-0.1, -0.05) is 78.9 Å². The number of carbonyl (C=O) groups is 1. The molecule has 0 aromatic heterocycles. The molecule has 0 bridgehead atoms. The summed E-state index contributed by atoms with van der Waals surface area (Å²) >= 11 is 0. The van der Waals surface area contributed by atoms with E-state index in [0.717, 1.165) is 22.4 Å². The van der Waals surface area contributed by atoms with E-state index >= 15 is 0 Å². The molecule has 0 spiro atoms. The van der Waals surface area contributed by atoms with Crippen molar-refractivity contribution >= 4 is 17.2 Å². The number of carbonyl (C=O) groups excluding carboxylic acids is 1. The van der Waals surface area contributed by atoms with Crippen LogP contribution in [0, 0.1) is 0 Å². The average Bonchev–Trinajstić information content (AvgIpc) is 2.74. The highest BCUT2D eigenvalue weighted by Gasteiger charge is 2.45. The van der Waals surface area contributed by atoms with E-state index in [9.17, 15) is 9.90 Å². The number of aliphatic hydroxyl groups is 1. The molecule has 0 saturated carbocycles. The van der Waals surface area contributed by atoms with Gasteiger partial charge in [0.05, 0.1) is 11.6 Å². The molecule has 4 heteroatoms. The molecule has 29 heavy (non-hydrogen) atoms. The predicted molar refractivity (Wildman–Crippen MR) is 116 cm³/mol. The standard InChI is InChI=1S/C25H24N2O2/c1-17(28)23(18-10-4-2-5-11-18)25(19-12-6-3-7-13-19)16-21(24(26)29)20-14-8-9-15-22(20)27-25/h2-17,23,27-28H,1H3,(H2,26,29). The van der Waals surface area contributed by atoms with Gasteiger partial charge in [-0.05, 0) is 30.2 Å².